The summed E-state index contributed by atoms with van der Waals surface area (Å²) in [6.07, 6.45) is 0. The molecule has 0 saturated heterocycles. The van der Waals surface area contributed by atoms with Crippen LogP contribution >= 0.6 is 0 Å². The molecule has 0 aliphatic rings. The third-order valence-electron chi connectivity index (χ3n) is 3.67. The molecule has 24 heavy (non-hydrogen) atoms. The van der Waals surface area contributed by atoms with E-state index in [0.29, 0.717) is 0 Å². The Morgan fingerprint density at radius 2 is 1.42 bits per heavy atom. The van der Waals surface area contributed by atoms with E-state index < -0.39 is 11.9 Å². The van der Waals surface area contributed by atoms with Gasteiger partial charge in [0, 0.05) is 0 Å². The Labute approximate surface area is 141 Å². The highest BCUT2D eigenvalue weighted by molar-refractivity contribution is 5.38. The molecule has 0 radical (unpaired) electrons. The van der Waals surface area contributed by atoms with E-state index in [-0.39, 0.29) is 6.04 Å². The molecule has 0 aliphatic heterocycles. The first-order valence-corrected chi connectivity index (χ1v) is 7.37. The summed E-state index contributed by atoms with van der Waals surface area (Å²) in [5.74, 6) is 0.724. The third-order valence-corrected chi connectivity index (χ3v) is 3.67. The molecule has 2 aromatic carbocycles. The molecule has 5 heteroatoms. The van der Waals surface area contributed by atoms with Crippen LogP contribution in [-0.2, 0) is 0 Å². The SMILES string of the molecule is C=C(F)C(C#N)NC(c1ccc(OC)cc1)c1ccc(OC)cc1. The van der Waals surface area contributed by atoms with E-state index in [1.54, 1.807) is 14.2 Å². The van der Waals surface area contributed by atoms with E-state index in [1.165, 1.54) is 0 Å². The van der Waals surface area contributed by atoms with Crippen molar-refractivity contribution in [3.05, 3.63) is 72.1 Å². The average Bonchev–Trinajstić information content (AvgIpc) is 2.63. The summed E-state index contributed by atoms with van der Waals surface area (Å²) in [5, 5.41) is 12.1. The summed E-state index contributed by atoms with van der Waals surface area (Å²) in [4.78, 5) is 0. The molecule has 0 aromatic heterocycles. The average molecular weight is 326 g/mol. The fraction of sp³-hybridized carbons (Fsp3) is 0.211. The molecule has 0 saturated carbocycles. The van der Waals surface area contributed by atoms with Crippen LogP contribution in [-0.4, -0.2) is 20.3 Å². The minimum absolute atomic E-state index is 0.376. The second-order valence-corrected chi connectivity index (χ2v) is 5.15. The number of hydrogen-bond acceptors (Lipinski definition) is 4. The van der Waals surface area contributed by atoms with Crippen LogP contribution in [0.25, 0.3) is 0 Å². The van der Waals surface area contributed by atoms with Crippen LogP contribution in [0.4, 0.5) is 4.39 Å². The maximum atomic E-state index is 13.5. The Hall–Kier alpha value is -2.84. The Morgan fingerprint density at radius 1 is 1.00 bits per heavy atom. The van der Waals surface area contributed by atoms with Gasteiger partial charge in [-0.05, 0) is 35.4 Å². The van der Waals surface area contributed by atoms with Crippen molar-refractivity contribution in [1.29, 1.82) is 5.26 Å². The maximum Gasteiger partial charge on any atom is 0.148 e. The lowest BCUT2D eigenvalue weighted by Gasteiger charge is -2.22. The molecule has 2 aromatic rings. The molecular formula is C19H19FN2O2. The van der Waals surface area contributed by atoms with Gasteiger partial charge in [-0.15, -0.1) is 0 Å². The first-order valence-electron chi connectivity index (χ1n) is 7.37. The number of halogens is 1. The monoisotopic (exact) mass is 326 g/mol. The zero-order chi connectivity index (χ0) is 17.5. The summed E-state index contributed by atoms with van der Waals surface area (Å²) in [7, 11) is 3.18. The standard InChI is InChI=1S/C19H19FN2O2/c1-13(20)18(12-21)22-19(14-4-8-16(23-2)9-5-14)15-6-10-17(24-3)11-7-15/h4-11,18-19,22H,1H2,2-3H3. The molecule has 4 nitrogen and oxygen atoms in total. The van der Waals surface area contributed by atoms with Gasteiger partial charge in [0.1, 0.15) is 23.4 Å². The number of nitriles is 1. The van der Waals surface area contributed by atoms with Gasteiger partial charge < -0.3 is 9.47 Å². The van der Waals surface area contributed by atoms with E-state index in [2.05, 4.69) is 11.9 Å². The van der Waals surface area contributed by atoms with Crippen molar-refractivity contribution in [2.24, 2.45) is 0 Å². The molecule has 2 rings (SSSR count). The first-order chi connectivity index (χ1) is 11.6. The summed E-state index contributed by atoms with van der Waals surface area (Å²) in [5.41, 5.74) is 1.75. The zero-order valence-electron chi connectivity index (χ0n) is 13.6. The maximum absolute atomic E-state index is 13.5. The van der Waals surface area contributed by atoms with E-state index in [4.69, 9.17) is 14.7 Å². The molecule has 124 valence electrons. The molecule has 1 atom stereocenters. The summed E-state index contributed by atoms with van der Waals surface area (Å²) in [6.45, 7) is 3.23. The van der Waals surface area contributed by atoms with Crippen molar-refractivity contribution in [2.45, 2.75) is 12.1 Å². The van der Waals surface area contributed by atoms with Crippen molar-refractivity contribution in [2.75, 3.05) is 14.2 Å². The number of ether oxygens (including phenoxy) is 2. The lowest BCUT2D eigenvalue weighted by molar-refractivity contribution is 0.414. The van der Waals surface area contributed by atoms with E-state index >= 15 is 0 Å². The lowest BCUT2D eigenvalue weighted by Crippen LogP contribution is -2.32. The Bertz CT molecular complexity index is 673. The highest BCUT2D eigenvalue weighted by atomic mass is 19.1. The minimum atomic E-state index is -1.10. The van der Waals surface area contributed by atoms with Crippen LogP contribution in [0.3, 0.4) is 0 Å². The second kappa shape index (κ2) is 8.14. The molecule has 0 fully saturated rings. The smallest absolute Gasteiger partial charge is 0.148 e. The van der Waals surface area contributed by atoms with Crippen LogP contribution in [0.15, 0.2) is 60.9 Å². The zero-order valence-corrected chi connectivity index (χ0v) is 13.6. The van der Waals surface area contributed by atoms with Crippen molar-refractivity contribution in [3.63, 3.8) is 0 Å². The number of nitrogens with zero attached hydrogens (tertiary/aromatic N) is 1. The Balaban J connectivity index is 2.38. The van der Waals surface area contributed by atoms with Gasteiger partial charge in [0.15, 0.2) is 0 Å². The van der Waals surface area contributed by atoms with Crippen LogP contribution in [0, 0.1) is 11.3 Å². The quantitative estimate of drug-likeness (QED) is 0.842. The fourth-order valence-corrected chi connectivity index (χ4v) is 2.34. The molecule has 0 heterocycles. The van der Waals surface area contributed by atoms with E-state index in [9.17, 15) is 4.39 Å². The van der Waals surface area contributed by atoms with E-state index in [1.807, 2.05) is 54.6 Å². The summed E-state index contributed by atoms with van der Waals surface area (Å²) in [6, 6.07) is 15.2. The molecule has 0 amide bonds. The van der Waals surface area contributed by atoms with Crippen molar-refractivity contribution < 1.29 is 13.9 Å². The van der Waals surface area contributed by atoms with Gasteiger partial charge in [-0.1, -0.05) is 30.8 Å². The van der Waals surface area contributed by atoms with Crippen LogP contribution in [0.1, 0.15) is 17.2 Å². The number of hydrogen-bond donors (Lipinski definition) is 1. The molecule has 0 aliphatic carbocycles. The largest absolute Gasteiger partial charge is 0.497 e. The number of nitrogens with one attached hydrogen (secondary N) is 1. The second-order valence-electron chi connectivity index (χ2n) is 5.15. The molecule has 1 N–H and O–H groups in total. The van der Waals surface area contributed by atoms with Crippen molar-refractivity contribution in [1.82, 2.24) is 5.32 Å². The van der Waals surface area contributed by atoms with Crippen LogP contribution in [0.2, 0.25) is 0 Å². The predicted molar refractivity (Wildman–Crippen MR) is 90.6 cm³/mol. The summed E-state index contributed by atoms with van der Waals surface area (Å²) >= 11 is 0. The highest BCUT2D eigenvalue weighted by Gasteiger charge is 2.21. The Morgan fingerprint density at radius 3 is 1.71 bits per heavy atom. The molecule has 0 spiro atoms. The van der Waals surface area contributed by atoms with E-state index in [0.717, 1.165) is 22.6 Å². The topological polar surface area (TPSA) is 54.3 Å². The first kappa shape index (κ1) is 17.5. The van der Waals surface area contributed by atoms with Crippen molar-refractivity contribution >= 4 is 0 Å². The number of methoxy groups -OCH3 is 2. The number of benzene rings is 2. The number of rotatable bonds is 7. The molecule has 0 bridgehead atoms. The van der Waals surface area contributed by atoms with Gasteiger partial charge in [0.25, 0.3) is 0 Å². The normalized spacial score (nSPS) is 11.6. The fourth-order valence-electron chi connectivity index (χ4n) is 2.34. The Kier molecular flexibility index (Phi) is 5.94. The van der Waals surface area contributed by atoms with Crippen LogP contribution < -0.4 is 14.8 Å². The predicted octanol–water partition coefficient (Wildman–Crippen LogP) is 3.76. The van der Waals surface area contributed by atoms with Crippen LogP contribution in [0.5, 0.6) is 11.5 Å². The van der Waals surface area contributed by atoms with Gasteiger partial charge in [0.05, 0.1) is 26.3 Å². The summed E-state index contributed by atoms with van der Waals surface area (Å²) < 4.78 is 23.8. The minimum Gasteiger partial charge on any atom is -0.497 e. The third kappa shape index (κ3) is 4.12. The van der Waals surface area contributed by atoms with Gasteiger partial charge in [-0.2, -0.15) is 5.26 Å². The van der Waals surface area contributed by atoms with Gasteiger partial charge in [0.2, 0.25) is 0 Å². The molecule has 1 unspecified atom stereocenters. The highest BCUT2D eigenvalue weighted by Crippen LogP contribution is 2.27. The van der Waals surface area contributed by atoms with Gasteiger partial charge in [-0.3, -0.25) is 5.32 Å². The molecular weight excluding hydrogens is 307 g/mol. The van der Waals surface area contributed by atoms with Gasteiger partial charge >= 0.3 is 0 Å². The van der Waals surface area contributed by atoms with Crippen molar-refractivity contribution in [3.8, 4) is 17.6 Å². The lowest BCUT2D eigenvalue weighted by atomic mass is 9.97. The van der Waals surface area contributed by atoms with Gasteiger partial charge in [-0.25, -0.2) is 4.39 Å².